The lowest BCUT2D eigenvalue weighted by atomic mass is 10.1. The van der Waals surface area contributed by atoms with Crippen LogP contribution in [0.4, 0.5) is 11.4 Å². The third-order valence-electron chi connectivity index (χ3n) is 3.22. The van der Waals surface area contributed by atoms with E-state index in [2.05, 4.69) is 6.07 Å². The van der Waals surface area contributed by atoms with Crippen molar-refractivity contribution in [2.45, 2.75) is 6.54 Å². The van der Waals surface area contributed by atoms with Gasteiger partial charge in [-0.15, -0.1) is 0 Å². The molecule has 21 heavy (non-hydrogen) atoms. The Morgan fingerprint density at radius 2 is 2.05 bits per heavy atom. The fourth-order valence-corrected chi connectivity index (χ4v) is 2.33. The zero-order chi connectivity index (χ0) is 15.4. The normalized spacial score (nSPS) is 10.0. The predicted octanol–water partition coefficient (Wildman–Crippen LogP) is 3.44. The first kappa shape index (κ1) is 15.0. The Labute approximate surface area is 129 Å². The Morgan fingerprint density at radius 3 is 2.71 bits per heavy atom. The van der Waals surface area contributed by atoms with Crippen molar-refractivity contribution in [2.24, 2.45) is 0 Å². The third kappa shape index (κ3) is 3.39. The Hall–Kier alpha value is -2.38. The molecule has 0 atom stereocenters. The monoisotopic (exact) mass is 301 g/mol. The quantitative estimate of drug-likeness (QED) is 0.879. The Bertz CT molecular complexity index is 694. The predicted molar refractivity (Wildman–Crippen MR) is 85.7 cm³/mol. The second-order valence-corrected chi connectivity index (χ2v) is 5.13. The van der Waals surface area contributed by atoms with Crippen molar-refractivity contribution in [1.82, 2.24) is 0 Å². The molecule has 0 aliphatic rings. The van der Waals surface area contributed by atoms with E-state index in [1.807, 2.05) is 24.1 Å². The number of anilines is 2. The van der Waals surface area contributed by atoms with Crippen molar-refractivity contribution < 1.29 is 4.74 Å². The van der Waals surface area contributed by atoms with Crippen LogP contribution in [0.15, 0.2) is 36.4 Å². The molecular weight excluding hydrogens is 286 g/mol. The first-order valence-corrected chi connectivity index (χ1v) is 6.76. The second kappa shape index (κ2) is 6.38. The van der Waals surface area contributed by atoms with Crippen molar-refractivity contribution in [3.63, 3.8) is 0 Å². The number of hydrogen-bond donors (Lipinski definition) is 1. The first-order valence-electron chi connectivity index (χ1n) is 6.38. The van der Waals surface area contributed by atoms with Crippen LogP contribution in [0, 0.1) is 11.3 Å². The highest BCUT2D eigenvalue weighted by Crippen LogP contribution is 2.29. The lowest BCUT2D eigenvalue weighted by molar-refractivity contribution is 0.409. The van der Waals surface area contributed by atoms with E-state index >= 15 is 0 Å². The summed E-state index contributed by atoms with van der Waals surface area (Å²) in [6, 6.07) is 12.8. The van der Waals surface area contributed by atoms with Crippen LogP contribution < -0.4 is 15.4 Å². The molecule has 4 nitrogen and oxygen atoms in total. The zero-order valence-electron chi connectivity index (χ0n) is 11.9. The largest absolute Gasteiger partial charge is 0.496 e. The molecule has 0 saturated heterocycles. The van der Waals surface area contributed by atoms with Gasteiger partial charge in [-0.2, -0.15) is 5.26 Å². The van der Waals surface area contributed by atoms with Crippen LogP contribution in [0.5, 0.6) is 5.75 Å². The maximum atomic E-state index is 9.02. The lowest BCUT2D eigenvalue weighted by Crippen LogP contribution is -2.18. The molecule has 2 rings (SSSR count). The van der Waals surface area contributed by atoms with Crippen LogP contribution in [-0.4, -0.2) is 14.2 Å². The van der Waals surface area contributed by atoms with E-state index in [0.717, 1.165) is 17.0 Å². The van der Waals surface area contributed by atoms with Crippen LogP contribution in [0.25, 0.3) is 0 Å². The molecule has 0 radical (unpaired) electrons. The molecule has 0 aliphatic heterocycles. The summed E-state index contributed by atoms with van der Waals surface area (Å²) in [7, 11) is 3.53. The van der Waals surface area contributed by atoms with Gasteiger partial charge in [-0.3, -0.25) is 0 Å². The molecule has 0 fully saturated rings. The maximum Gasteiger partial charge on any atom is 0.123 e. The fourth-order valence-electron chi connectivity index (χ4n) is 2.16. The molecular formula is C16H16ClN3O. The summed E-state index contributed by atoms with van der Waals surface area (Å²) in [5.74, 6) is 0.737. The maximum absolute atomic E-state index is 9.02. The minimum atomic E-state index is 0.559. The summed E-state index contributed by atoms with van der Waals surface area (Å²) in [4.78, 5) is 1.97. The molecule has 0 spiro atoms. The lowest BCUT2D eigenvalue weighted by Gasteiger charge is -2.22. The Kier molecular flexibility index (Phi) is 4.56. The van der Waals surface area contributed by atoms with Gasteiger partial charge in [0.05, 0.1) is 30.1 Å². The number of nitrogens with two attached hydrogens (primary N) is 1. The highest BCUT2D eigenvalue weighted by Gasteiger charge is 2.11. The first-order chi connectivity index (χ1) is 10.0. The van der Waals surface area contributed by atoms with Gasteiger partial charge in [0.1, 0.15) is 5.75 Å². The van der Waals surface area contributed by atoms with Crippen LogP contribution >= 0.6 is 11.6 Å². The number of rotatable bonds is 4. The molecule has 0 saturated carbocycles. The van der Waals surface area contributed by atoms with E-state index in [4.69, 9.17) is 27.3 Å². The average molecular weight is 302 g/mol. The summed E-state index contributed by atoms with van der Waals surface area (Å²) in [5, 5.41) is 9.64. The third-order valence-corrected chi connectivity index (χ3v) is 3.46. The number of nitrogen functional groups attached to an aromatic ring is 1. The minimum absolute atomic E-state index is 0.559. The van der Waals surface area contributed by atoms with Crippen LogP contribution in [0.3, 0.4) is 0 Å². The molecule has 108 valence electrons. The van der Waals surface area contributed by atoms with Gasteiger partial charge < -0.3 is 15.4 Å². The number of halogens is 1. The van der Waals surface area contributed by atoms with E-state index in [9.17, 15) is 0 Å². The molecule has 0 unspecified atom stereocenters. The van der Waals surface area contributed by atoms with Gasteiger partial charge in [0.15, 0.2) is 0 Å². The van der Waals surface area contributed by atoms with Gasteiger partial charge in [0.25, 0.3) is 0 Å². The molecule has 0 aliphatic carbocycles. The zero-order valence-corrected chi connectivity index (χ0v) is 12.7. The van der Waals surface area contributed by atoms with E-state index in [1.54, 1.807) is 31.4 Å². The van der Waals surface area contributed by atoms with Crippen LogP contribution in [0.2, 0.25) is 5.02 Å². The molecule has 2 aromatic carbocycles. The van der Waals surface area contributed by atoms with Gasteiger partial charge in [-0.25, -0.2) is 0 Å². The smallest absolute Gasteiger partial charge is 0.123 e. The number of benzene rings is 2. The Balaban J connectivity index is 2.33. The summed E-state index contributed by atoms with van der Waals surface area (Å²) in [6.07, 6.45) is 0. The fraction of sp³-hybridized carbons (Fsp3) is 0.188. The van der Waals surface area contributed by atoms with Gasteiger partial charge in [-0.05, 0) is 36.4 Å². The van der Waals surface area contributed by atoms with Crippen LogP contribution in [0.1, 0.15) is 11.1 Å². The molecule has 2 N–H and O–H groups in total. The summed E-state index contributed by atoms with van der Waals surface area (Å²) in [5.41, 5.74) is 8.99. The van der Waals surface area contributed by atoms with Crippen LogP contribution in [-0.2, 0) is 6.54 Å². The highest BCUT2D eigenvalue weighted by molar-refractivity contribution is 6.31. The highest BCUT2D eigenvalue weighted by atomic mass is 35.5. The van der Waals surface area contributed by atoms with Gasteiger partial charge >= 0.3 is 0 Å². The number of nitriles is 1. The van der Waals surface area contributed by atoms with Gasteiger partial charge in [0.2, 0.25) is 0 Å². The van der Waals surface area contributed by atoms with Crippen molar-refractivity contribution in [1.29, 1.82) is 5.26 Å². The van der Waals surface area contributed by atoms with Gasteiger partial charge in [-0.1, -0.05) is 11.6 Å². The number of nitrogens with zero attached hydrogens (tertiary/aromatic N) is 2. The number of hydrogen-bond acceptors (Lipinski definition) is 4. The van der Waals surface area contributed by atoms with Crippen molar-refractivity contribution in [2.75, 3.05) is 24.8 Å². The summed E-state index contributed by atoms with van der Waals surface area (Å²) >= 11 is 6.02. The van der Waals surface area contributed by atoms with Crippen molar-refractivity contribution in [3.8, 4) is 11.8 Å². The summed E-state index contributed by atoms with van der Waals surface area (Å²) in [6.45, 7) is 0.559. The minimum Gasteiger partial charge on any atom is -0.496 e. The van der Waals surface area contributed by atoms with E-state index in [0.29, 0.717) is 22.8 Å². The number of methoxy groups -OCH3 is 1. The molecule has 0 heterocycles. The molecule has 2 aromatic rings. The second-order valence-electron chi connectivity index (χ2n) is 4.70. The van der Waals surface area contributed by atoms with Crippen molar-refractivity contribution >= 4 is 23.0 Å². The Morgan fingerprint density at radius 1 is 1.29 bits per heavy atom. The standard InChI is InChI=1S/C16H16ClN3O/c1-20(15-8-13(17)4-5-14(15)19)10-12-7-11(9-18)3-6-16(12)21-2/h3-8H,10,19H2,1-2H3. The molecule has 5 heteroatoms. The summed E-state index contributed by atoms with van der Waals surface area (Å²) < 4.78 is 5.34. The van der Waals surface area contributed by atoms with E-state index < -0.39 is 0 Å². The van der Waals surface area contributed by atoms with E-state index in [-0.39, 0.29) is 0 Å². The van der Waals surface area contributed by atoms with E-state index in [1.165, 1.54) is 0 Å². The molecule has 0 amide bonds. The molecule has 0 aromatic heterocycles. The topological polar surface area (TPSA) is 62.3 Å². The average Bonchev–Trinajstić information content (AvgIpc) is 2.49. The number of ether oxygens (including phenoxy) is 1. The SMILES string of the molecule is COc1ccc(C#N)cc1CN(C)c1cc(Cl)ccc1N. The molecule has 0 bridgehead atoms. The van der Waals surface area contributed by atoms with Crippen molar-refractivity contribution in [3.05, 3.63) is 52.5 Å². The van der Waals surface area contributed by atoms with Gasteiger partial charge in [0, 0.05) is 24.2 Å².